The van der Waals surface area contributed by atoms with E-state index >= 15 is 0 Å². The van der Waals surface area contributed by atoms with Crippen LogP contribution in [0.2, 0.25) is 10.0 Å². The van der Waals surface area contributed by atoms with Gasteiger partial charge in [0.25, 0.3) is 5.91 Å². The number of ether oxygens (including phenoxy) is 1. The number of nitrogens with zero attached hydrogens (tertiary/aromatic N) is 1. The Morgan fingerprint density at radius 2 is 1.92 bits per heavy atom. The zero-order valence-corrected chi connectivity index (χ0v) is 15.0. The number of imide groups is 1. The van der Waals surface area contributed by atoms with Crippen LogP contribution in [0.4, 0.5) is 11.4 Å². The second-order valence-corrected chi connectivity index (χ2v) is 6.31. The number of carbonyl (C=O) groups is 2. The van der Waals surface area contributed by atoms with Crippen molar-refractivity contribution < 1.29 is 14.3 Å². The maximum absolute atomic E-state index is 12.8. The topological polar surface area (TPSA) is 58.6 Å². The highest BCUT2D eigenvalue weighted by Gasteiger charge is 2.40. The molecular formula is C18H16Cl2N2O3. The van der Waals surface area contributed by atoms with Crippen molar-refractivity contribution in [1.29, 1.82) is 0 Å². The van der Waals surface area contributed by atoms with Crippen molar-refractivity contribution in [1.82, 2.24) is 0 Å². The molecule has 1 atom stereocenters. The maximum Gasteiger partial charge on any atom is 0.256 e. The standard InChI is InChI=1S/C18H16Cl2N2O3/c1-2-25-16-6-4-3-5-15(16)22-17(23)10-14(18(22)24)21-11-7-8-12(19)13(20)9-11/h3-9,14,21H,2,10H2,1H3/t14-/m1/s1. The van der Waals surface area contributed by atoms with Gasteiger partial charge in [-0.2, -0.15) is 0 Å². The van der Waals surface area contributed by atoms with Crippen LogP contribution in [0.3, 0.4) is 0 Å². The van der Waals surface area contributed by atoms with E-state index in [4.69, 9.17) is 27.9 Å². The highest BCUT2D eigenvalue weighted by atomic mass is 35.5. The van der Waals surface area contributed by atoms with Gasteiger partial charge in [0.05, 0.1) is 28.8 Å². The molecule has 1 N–H and O–H groups in total. The number of amides is 2. The summed E-state index contributed by atoms with van der Waals surface area (Å²) in [5.74, 6) is -0.111. The van der Waals surface area contributed by atoms with Crippen molar-refractivity contribution in [2.45, 2.75) is 19.4 Å². The Kier molecular flexibility index (Phi) is 5.16. The van der Waals surface area contributed by atoms with E-state index < -0.39 is 6.04 Å². The summed E-state index contributed by atoms with van der Waals surface area (Å²) in [6.07, 6.45) is 0.0551. The van der Waals surface area contributed by atoms with Gasteiger partial charge in [-0.25, -0.2) is 4.90 Å². The number of para-hydroxylation sites is 2. The normalized spacial score (nSPS) is 17.1. The zero-order chi connectivity index (χ0) is 18.0. The predicted octanol–water partition coefficient (Wildman–Crippen LogP) is 4.14. The van der Waals surface area contributed by atoms with E-state index in [0.29, 0.717) is 33.8 Å². The number of carbonyl (C=O) groups excluding carboxylic acids is 2. The van der Waals surface area contributed by atoms with Crippen molar-refractivity contribution in [2.75, 3.05) is 16.8 Å². The SMILES string of the molecule is CCOc1ccccc1N1C(=O)C[C@@H](Nc2ccc(Cl)c(Cl)c2)C1=O. The van der Waals surface area contributed by atoms with E-state index in [1.807, 2.05) is 6.92 Å². The van der Waals surface area contributed by atoms with E-state index in [2.05, 4.69) is 5.32 Å². The monoisotopic (exact) mass is 378 g/mol. The summed E-state index contributed by atoms with van der Waals surface area (Å²) >= 11 is 11.9. The third kappa shape index (κ3) is 3.57. The van der Waals surface area contributed by atoms with Gasteiger partial charge in [-0.15, -0.1) is 0 Å². The van der Waals surface area contributed by atoms with Gasteiger partial charge in [-0.3, -0.25) is 9.59 Å². The van der Waals surface area contributed by atoms with Crippen molar-refractivity contribution in [3.05, 3.63) is 52.5 Å². The van der Waals surface area contributed by atoms with E-state index in [-0.39, 0.29) is 18.2 Å². The van der Waals surface area contributed by atoms with Gasteiger partial charge < -0.3 is 10.1 Å². The summed E-state index contributed by atoms with van der Waals surface area (Å²) in [7, 11) is 0. The lowest BCUT2D eigenvalue weighted by molar-refractivity contribution is -0.121. The number of rotatable bonds is 5. The Hall–Kier alpha value is -2.24. The summed E-state index contributed by atoms with van der Waals surface area (Å²) in [5, 5.41) is 3.85. The van der Waals surface area contributed by atoms with Crippen LogP contribution in [-0.4, -0.2) is 24.5 Å². The maximum atomic E-state index is 12.8. The highest BCUT2D eigenvalue weighted by molar-refractivity contribution is 6.42. The molecule has 1 aliphatic rings. The molecule has 2 amide bonds. The van der Waals surface area contributed by atoms with E-state index in [1.54, 1.807) is 42.5 Å². The highest BCUT2D eigenvalue weighted by Crippen LogP contribution is 2.33. The molecule has 25 heavy (non-hydrogen) atoms. The lowest BCUT2D eigenvalue weighted by atomic mass is 10.2. The molecule has 1 fully saturated rings. The quantitative estimate of drug-likeness (QED) is 0.794. The fourth-order valence-corrected chi connectivity index (χ4v) is 3.00. The molecule has 5 nitrogen and oxygen atoms in total. The van der Waals surface area contributed by atoms with Crippen LogP contribution in [0, 0.1) is 0 Å². The molecular weight excluding hydrogens is 363 g/mol. The van der Waals surface area contributed by atoms with E-state index in [9.17, 15) is 9.59 Å². The van der Waals surface area contributed by atoms with Gasteiger partial charge in [0.1, 0.15) is 11.8 Å². The molecule has 0 bridgehead atoms. The van der Waals surface area contributed by atoms with Crippen LogP contribution in [0.15, 0.2) is 42.5 Å². The number of anilines is 2. The van der Waals surface area contributed by atoms with Gasteiger partial charge in [0, 0.05) is 5.69 Å². The summed E-state index contributed by atoms with van der Waals surface area (Å²) in [4.78, 5) is 26.3. The van der Waals surface area contributed by atoms with Gasteiger partial charge in [0.15, 0.2) is 0 Å². The van der Waals surface area contributed by atoms with Crippen LogP contribution < -0.4 is 15.0 Å². The Labute approximate surface area is 155 Å². The van der Waals surface area contributed by atoms with E-state index in [1.165, 1.54) is 4.90 Å². The molecule has 130 valence electrons. The van der Waals surface area contributed by atoms with Crippen LogP contribution in [0.25, 0.3) is 0 Å². The summed E-state index contributed by atoms with van der Waals surface area (Å²) in [5.41, 5.74) is 1.08. The largest absolute Gasteiger partial charge is 0.492 e. The third-order valence-electron chi connectivity index (χ3n) is 3.81. The van der Waals surface area contributed by atoms with Gasteiger partial charge in [-0.05, 0) is 37.3 Å². The Morgan fingerprint density at radius 3 is 2.64 bits per heavy atom. The van der Waals surface area contributed by atoms with Crippen molar-refractivity contribution in [3.8, 4) is 5.75 Å². The third-order valence-corrected chi connectivity index (χ3v) is 4.55. The molecule has 7 heteroatoms. The average Bonchev–Trinajstić information content (AvgIpc) is 2.86. The number of hydrogen-bond donors (Lipinski definition) is 1. The molecule has 1 aliphatic heterocycles. The molecule has 3 rings (SSSR count). The van der Waals surface area contributed by atoms with Gasteiger partial charge in [0.2, 0.25) is 5.91 Å². The second kappa shape index (κ2) is 7.33. The Bertz CT molecular complexity index is 826. The molecule has 0 aromatic heterocycles. The summed E-state index contributed by atoms with van der Waals surface area (Å²) < 4.78 is 5.53. The van der Waals surface area contributed by atoms with Crippen LogP contribution >= 0.6 is 23.2 Å². The first-order valence-corrected chi connectivity index (χ1v) is 8.57. The fourth-order valence-electron chi connectivity index (χ4n) is 2.70. The minimum Gasteiger partial charge on any atom is -0.492 e. The zero-order valence-electron chi connectivity index (χ0n) is 13.5. The lowest BCUT2D eigenvalue weighted by Crippen LogP contribution is -2.35. The molecule has 0 saturated carbocycles. The molecule has 0 spiro atoms. The number of hydrogen-bond acceptors (Lipinski definition) is 4. The predicted molar refractivity (Wildman–Crippen MR) is 98.6 cm³/mol. The first-order chi connectivity index (χ1) is 12.0. The smallest absolute Gasteiger partial charge is 0.256 e. The molecule has 0 aliphatic carbocycles. The number of nitrogens with one attached hydrogen (secondary N) is 1. The first-order valence-electron chi connectivity index (χ1n) is 7.81. The Morgan fingerprint density at radius 1 is 1.16 bits per heavy atom. The lowest BCUT2D eigenvalue weighted by Gasteiger charge is -2.19. The molecule has 1 saturated heterocycles. The van der Waals surface area contributed by atoms with Gasteiger partial charge in [-0.1, -0.05) is 35.3 Å². The van der Waals surface area contributed by atoms with Gasteiger partial charge >= 0.3 is 0 Å². The molecule has 0 radical (unpaired) electrons. The minimum absolute atomic E-state index is 0.0551. The summed E-state index contributed by atoms with van der Waals surface area (Å²) in [6, 6.07) is 11.3. The number of halogens is 2. The van der Waals surface area contributed by atoms with Crippen LogP contribution in [-0.2, 0) is 9.59 Å². The fraction of sp³-hybridized carbons (Fsp3) is 0.222. The molecule has 0 unspecified atom stereocenters. The van der Waals surface area contributed by atoms with E-state index in [0.717, 1.165) is 0 Å². The van der Waals surface area contributed by atoms with Crippen LogP contribution in [0.1, 0.15) is 13.3 Å². The summed E-state index contributed by atoms with van der Waals surface area (Å²) in [6.45, 7) is 2.29. The average molecular weight is 379 g/mol. The molecule has 2 aromatic rings. The first kappa shape index (κ1) is 17.6. The van der Waals surface area contributed by atoms with Crippen LogP contribution in [0.5, 0.6) is 5.75 Å². The van der Waals surface area contributed by atoms with Crippen molar-refractivity contribution in [2.24, 2.45) is 0 Å². The Balaban J connectivity index is 1.84. The molecule has 1 heterocycles. The van der Waals surface area contributed by atoms with Crippen molar-refractivity contribution >= 4 is 46.4 Å². The molecule has 2 aromatic carbocycles. The second-order valence-electron chi connectivity index (χ2n) is 5.50. The van der Waals surface area contributed by atoms with Crippen molar-refractivity contribution in [3.63, 3.8) is 0 Å². The number of benzene rings is 2. The minimum atomic E-state index is -0.667.